The molecule has 0 radical (unpaired) electrons. The summed E-state index contributed by atoms with van der Waals surface area (Å²) in [6.45, 7) is 2.03. The Labute approximate surface area is 162 Å². The second-order valence-electron chi connectivity index (χ2n) is 7.75. The summed E-state index contributed by atoms with van der Waals surface area (Å²) in [6, 6.07) is 15.3. The Hall–Kier alpha value is -2.99. The number of benzene rings is 2. The molecule has 0 aromatic heterocycles. The molecule has 6 heteroatoms. The van der Waals surface area contributed by atoms with Crippen LogP contribution in [0.4, 0.5) is 5.69 Å². The van der Waals surface area contributed by atoms with Gasteiger partial charge in [-0.15, -0.1) is 0 Å². The molecule has 4 atom stereocenters. The summed E-state index contributed by atoms with van der Waals surface area (Å²) in [5.41, 5.74) is 2.42. The van der Waals surface area contributed by atoms with E-state index in [2.05, 4.69) is 16.0 Å². The van der Waals surface area contributed by atoms with Gasteiger partial charge in [0.15, 0.2) is 0 Å². The zero-order chi connectivity index (χ0) is 19.5. The van der Waals surface area contributed by atoms with Crippen LogP contribution in [0.25, 0.3) is 0 Å². The molecular formula is C22H21N3O3. The van der Waals surface area contributed by atoms with Crippen LogP contribution >= 0.6 is 0 Å². The third-order valence-electron chi connectivity index (χ3n) is 6.36. The largest absolute Gasteiger partial charge is 0.324 e. The molecule has 3 aliphatic rings. The van der Waals surface area contributed by atoms with E-state index in [0.29, 0.717) is 6.42 Å². The van der Waals surface area contributed by atoms with E-state index >= 15 is 0 Å². The molecule has 3 heterocycles. The van der Waals surface area contributed by atoms with E-state index in [4.69, 9.17) is 0 Å². The fourth-order valence-corrected chi connectivity index (χ4v) is 5.15. The molecule has 3 amide bonds. The Balaban J connectivity index is 1.64. The van der Waals surface area contributed by atoms with Gasteiger partial charge in [0, 0.05) is 17.3 Å². The highest BCUT2D eigenvalue weighted by molar-refractivity contribution is 6.15. The lowest BCUT2D eigenvalue weighted by molar-refractivity contribution is -0.132. The molecule has 1 spiro atoms. The lowest BCUT2D eigenvalue weighted by Crippen LogP contribution is -2.53. The lowest BCUT2D eigenvalue weighted by atomic mass is 9.76. The van der Waals surface area contributed by atoms with Crippen molar-refractivity contribution in [3.05, 3.63) is 65.2 Å². The van der Waals surface area contributed by atoms with Crippen LogP contribution in [-0.4, -0.2) is 23.8 Å². The Kier molecular flexibility index (Phi) is 3.67. The SMILES string of the molecule is CCc1cccc2c1NC(=O)[C@@]21N[C@@H](Cc2ccccc2)[C@H]2C(=O)NC(=O)[C@H]21. The standard InChI is InChI=1S/C22H21N3O3/c1-2-13-9-6-10-14-18(13)23-21(28)22(14)17-16(19(26)24-20(17)27)15(25-22)11-12-7-4-3-5-8-12/h3-10,15-17,25H,2,11H2,1H3,(H,23,28)(H,24,26,27)/t15-,16+,17-,22+/m0/s1. The number of imide groups is 1. The van der Waals surface area contributed by atoms with Crippen LogP contribution in [-0.2, 0) is 32.8 Å². The number of anilines is 1. The molecule has 2 aromatic rings. The molecule has 0 saturated carbocycles. The average molecular weight is 375 g/mol. The van der Waals surface area contributed by atoms with Crippen LogP contribution in [0, 0.1) is 11.8 Å². The van der Waals surface area contributed by atoms with Gasteiger partial charge in [0.25, 0.3) is 0 Å². The second-order valence-corrected chi connectivity index (χ2v) is 7.75. The number of carbonyl (C=O) groups is 3. The lowest BCUT2D eigenvalue weighted by Gasteiger charge is -2.28. The van der Waals surface area contributed by atoms with Crippen molar-refractivity contribution in [2.24, 2.45) is 11.8 Å². The van der Waals surface area contributed by atoms with Gasteiger partial charge in [0.05, 0.1) is 11.8 Å². The molecule has 0 unspecified atom stereocenters. The molecule has 0 aliphatic carbocycles. The first-order chi connectivity index (χ1) is 13.6. The van der Waals surface area contributed by atoms with Crippen LogP contribution < -0.4 is 16.0 Å². The monoisotopic (exact) mass is 375 g/mol. The van der Waals surface area contributed by atoms with Gasteiger partial charge < -0.3 is 5.32 Å². The molecule has 3 aliphatic heterocycles. The van der Waals surface area contributed by atoms with Crippen LogP contribution in [0.1, 0.15) is 23.6 Å². The van der Waals surface area contributed by atoms with E-state index < -0.39 is 17.4 Å². The first-order valence-electron chi connectivity index (χ1n) is 9.66. The summed E-state index contributed by atoms with van der Waals surface area (Å²) < 4.78 is 0. The van der Waals surface area contributed by atoms with Crippen molar-refractivity contribution in [2.45, 2.75) is 31.3 Å². The summed E-state index contributed by atoms with van der Waals surface area (Å²) in [5.74, 6) is -2.24. The molecule has 3 N–H and O–H groups in total. The summed E-state index contributed by atoms with van der Waals surface area (Å²) >= 11 is 0. The molecule has 142 valence electrons. The van der Waals surface area contributed by atoms with Crippen molar-refractivity contribution < 1.29 is 14.4 Å². The van der Waals surface area contributed by atoms with Gasteiger partial charge in [-0.05, 0) is 24.0 Å². The Bertz CT molecular complexity index is 1000. The van der Waals surface area contributed by atoms with E-state index in [1.165, 1.54) is 0 Å². The molecule has 28 heavy (non-hydrogen) atoms. The number of hydrogen-bond acceptors (Lipinski definition) is 4. The molecule has 2 fully saturated rings. The number of amides is 3. The van der Waals surface area contributed by atoms with Gasteiger partial charge in [-0.1, -0.05) is 55.5 Å². The summed E-state index contributed by atoms with van der Waals surface area (Å²) in [7, 11) is 0. The highest BCUT2D eigenvalue weighted by atomic mass is 16.2. The van der Waals surface area contributed by atoms with Crippen LogP contribution in [0.15, 0.2) is 48.5 Å². The topological polar surface area (TPSA) is 87.3 Å². The zero-order valence-corrected chi connectivity index (χ0v) is 15.5. The molecular weight excluding hydrogens is 354 g/mol. The molecule has 0 bridgehead atoms. The van der Waals surface area contributed by atoms with Gasteiger partial charge in [-0.2, -0.15) is 0 Å². The number of para-hydroxylation sites is 1. The van der Waals surface area contributed by atoms with E-state index in [9.17, 15) is 14.4 Å². The van der Waals surface area contributed by atoms with Crippen LogP contribution in [0.2, 0.25) is 0 Å². The van der Waals surface area contributed by atoms with E-state index in [1.54, 1.807) is 0 Å². The first kappa shape index (κ1) is 17.1. The van der Waals surface area contributed by atoms with E-state index in [1.807, 2.05) is 55.5 Å². The number of rotatable bonds is 3. The van der Waals surface area contributed by atoms with Crippen molar-refractivity contribution in [3.63, 3.8) is 0 Å². The molecule has 2 aromatic carbocycles. The summed E-state index contributed by atoms with van der Waals surface area (Å²) in [4.78, 5) is 38.7. The van der Waals surface area contributed by atoms with Crippen molar-refractivity contribution in [3.8, 4) is 0 Å². The smallest absolute Gasteiger partial charge is 0.250 e. The zero-order valence-electron chi connectivity index (χ0n) is 15.5. The summed E-state index contributed by atoms with van der Waals surface area (Å²) in [6.07, 6.45) is 1.34. The highest BCUT2D eigenvalue weighted by Gasteiger charge is 2.68. The van der Waals surface area contributed by atoms with Crippen LogP contribution in [0.5, 0.6) is 0 Å². The molecule has 2 saturated heterocycles. The summed E-state index contributed by atoms with van der Waals surface area (Å²) in [5, 5.41) is 8.90. The van der Waals surface area contributed by atoms with Gasteiger partial charge in [0.2, 0.25) is 17.7 Å². The van der Waals surface area contributed by atoms with Gasteiger partial charge in [0.1, 0.15) is 5.54 Å². The maximum absolute atomic E-state index is 13.3. The maximum atomic E-state index is 13.3. The third kappa shape index (κ3) is 2.15. The van der Waals surface area contributed by atoms with Crippen molar-refractivity contribution in [2.75, 3.05) is 5.32 Å². The predicted octanol–water partition coefficient (Wildman–Crippen LogP) is 1.50. The first-order valence-corrected chi connectivity index (χ1v) is 9.66. The Morgan fingerprint density at radius 2 is 1.71 bits per heavy atom. The quantitative estimate of drug-likeness (QED) is 0.710. The minimum Gasteiger partial charge on any atom is -0.324 e. The number of aryl methyl sites for hydroxylation is 1. The Morgan fingerprint density at radius 3 is 2.46 bits per heavy atom. The predicted molar refractivity (Wildman–Crippen MR) is 103 cm³/mol. The minimum absolute atomic E-state index is 0.251. The minimum atomic E-state index is -1.21. The van der Waals surface area contributed by atoms with Gasteiger partial charge >= 0.3 is 0 Å². The van der Waals surface area contributed by atoms with Gasteiger partial charge in [-0.25, -0.2) is 0 Å². The fourth-order valence-electron chi connectivity index (χ4n) is 5.15. The van der Waals surface area contributed by atoms with Crippen molar-refractivity contribution in [1.29, 1.82) is 0 Å². The van der Waals surface area contributed by atoms with E-state index in [-0.39, 0.29) is 23.8 Å². The number of fused-ring (bicyclic) bond motifs is 4. The third-order valence-corrected chi connectivity index (χ3v) is 6.36. The van der Waals surface area contributed by atoms with E-state index in [0.717, 1.165) is 28.8 Å². The highest BCUT2D eigenvalue weighted by Crippen LogP contribution is 2.52. The van der Waals surface area contributed by atoms with Crippen LogP contribution in [0.3, 0.4) is 0 Å². The van der Waals surface area contributed by atoms with Gasteiger partial charge in [-0.3, -0.25) is 25.0 Å². The molecule has 5 rings (SSSR count). The number of hydrogen-bond donors (Lipinski definition) is 3. The normalized spacial score (nSPS) is 30.3. The average Bonchev–Trinajstić information content (AvgIpc) is 3.29. The van der Waals surface area contributed by atoms with Crippen molar-refractivity contribution >= 4 is 23.4 Å². The maximum Gasteiger partial charge on any atom is 0.250 e. The number of nitrogens with one attached hydrogen (secondary N) is 3. The molecule has 6 nitrogen and oxygen atoms in total. The number of carbonyl (C=O) groups excluding carboxylic acids is 3. The fraction of sp³-hybridized carbons (Fsp3) is 0.318. The second kappa shape index (κ2) is 6.01. The Morgan fingerprint density at radius 1 is 0.929 bits per heavy atom. The van der Waals surface area contributed by atoms with Crippen molar-refractivity contribution in [1.82, 2.24) is 10.6 Å².